The van der Waals surface area contributed by atoms with Gasteiger partial charge in [0.1, 0.15) is 5.82 Å². The largest absolute Gasteiger partial charge is 0.417 e. The van der Waals surface area contributed by atoms with E-state index in [1.807, 2.05) is 49.3 Å². The van der Waals surface area contributed by atoms with Crippen LogP contribution in [0.1, 0.15) is 11.1 Å². The van der Waals surface area contributed by atoms with Crippen molar-refractivity contribution in [1.82, 2.24) is 4.98 Å². The highest BCUT2D eigenvalue weighted by Crippen LogP contribution is 2.28. The molecule has 24 heavy (non-hydrogen) atoms. The summed E-state index contributed by atoms with van der Waals surface area (Å²) in [5, 5.41) is 3.88. The number of hydrogen-bond donors (Lipinski definition) is 1. The summed E-state index contributed by atoms with van der Waals surface area (Å²) in [6.45, 7) is 0. The number of hydrogen-bond acceptors (Lipinski definition) is 4. The Hall–Kier alpha value is -2.83. The first kappa shape index (κ1) is 17.5. The Bertz CT molecular complexity index is 702. The molecule has 0 saturated carbocycles. The Morgan fingerprint density at radius 1 is 1.08 bits per heavy atom. The zero-order valence-electron chi connectivity index (χ0n) is 13.2. The Kier molecular flexibility index (Phi) is 5.57. The molecule has 0 bridgehead atoms. The van der Waals surface area contributed by atoms with Crippen LogP contribution < -0.4 is 10.3 Å². The highest BCUT2D eigenvalue weighted by Gasteiger charge is 2.30. The van der Waals surface area contributed by atoms with Crippen molar-refractivity contribution in [2.45, 2.75) is 6.18 Å². The van der Waals surface area contributed by atoms with Gasteiger partial charge in [0.25, 0.3) is 0 Å². The van der Waals surface area contributed by atoms with Gasteiger partial charge in [0.2, 0.25) is 0 Å². The van der Waals surface area contributed by atoms with Gasteiger partial charge in [-0.3, -0.25) is 5.43 Å². The number of nitrogens with one attached hydrogen (secondary N) is 1. The van der Waals surface area contributed by atoms with Crippen molar-refractivity contribution in [3.8, 4) is 0 Å². The molecule has 1 N–H and O–H groups in total. The Balaban J connectivity index is 1.88. The van der Waals surface area contributed by atoms with Crippen LogP contribution in [0.2, 0.25) is 0 Å². The van der Waals surface area contributed by atoms with E-state index in [0.717, 1.165) is 23.5 Å². The molecule has 126 valence electrons. The van der Waals surface area contributed by atoms with Gasteiger partial charge in [0.05, 0.1) is 5.56 Å². The first-order chi connectivity index (χ1) is 11.4. The molecule has 2 rings (SSSR count). The monoisotopic (exact) mass is 334 g/mol. The van der Waals surface area contributed by atoms with E-state index < -0.39 is 11.7 Å². The van der Waals surface area contributed by atoms with E-state index in [2.05, 4.69) is 15.5 Å². The molecule has 0 spiro atoms. The summed E-state index contributed by atoms with van der Waals surface area (Å²) < 4.78 is 37.2. The molecule has 0 atom stereocenters. The third-order valence-electron chi connectivity index (χ3n) is 3.13. The van der Waals surface area contributed by atoms with Crippen LogP contribution in [0.25, 0.3) is 6.08 Å². The minimum atomic E-state index is -4.39. The van der Waals surface area contributed by atoms with Crippen LogP contribution in [0.3, 0.4) is 0 Å². The smallest absolute Gasteiger partial charge is 0.378 e. The van der Waals surface area contributed by atoms with Crippen LogP contribution >= 0.6 is 0 Å². The zero-order chi connectivity index (χ0) is 17.6. The van der Waals surface area contributed by atoms with Gasteiger partial charge in [0.15, 0.2) is 0 Å². The molecular formula is C17H17F3N4. The normalized spacial score (nSPS) is 12.0. The number of nitrogens with zero attached hydrogens (tertiary/aromatic N) is 3. The number of halogens is 3. The molecule has 2 aromatic rings. The van der Waals surface area contributed by atoms with Crippen molar-refractivity contribution >= 4 is 23.8 Å². The van der Waals surface area contributed by atoms with Gasteiger partial charge in [-0.2, -0.15) is 18.3 Å². The molecule has 0 fully saturated rings. The first-order valence-corrected chi connectivity index (χ1v) is 7.12. The summed E-state index contributed by atoms with van der Waals surface area (Å²) in [4.78, 5) is 5.66. The lowest BCUT2D eigenvalue weighted by molar-refractivity contribution is -0.137. The Morgan fingerprint density at radius 2 is 1.79 bits per heavy atom. The summed E-state index contributed by atoms with van der Waals surface area (Å²) in [6.07, 6.45) is 1.46. The van der Waals surface area contributed by atoms with Gasteiger partial charge in [-0.1, -0.05) is 18.2 Å². The number of hydrazone groups is 1. The number of allylic oxidation sites excluding steroid dienone is 1. The fraction of sp³-hybridized carbons (Fsp3) is 0.176. The molecule has 7 heteroatoms. The summed E-state index contributed by atoms with van der Waals surface area (Å²) in [5.41, 5.74) is 3.89. The van der Waals surface area contributed by atoms with Crippen LogP contribution in [-0.4, -0.2) is 25.3 Å². The number of aromatic nitrogens is 1. The molecule has 0 aliphatic rings. The third-order valence-corrected chi connectivity index (χ3v) is 3.13. The number of pyridine rings is 1. The second-order valence-electron chi connectivity index (χ2n) is 5.16. The molecule has 1 heterocycles. The van der Waals surface area contributed by atoms with Crippen molar-refractivity contribution in [3.05, 3.63) is 59.8 Å². The fourth-order valence-electron chi connectivity index (χ4n) is 1.81. The molecule has 1 aromatic heterocycles. The molecule has 1 aromatic carbocycles. The van der Waals surface area contributed by atoms with Gasteiger partial charge in [-0.15, -0.1) is 0 Å². The van der Waals surface area contributed by atoms with Gasteiger partial charge in [-0.05, 0) is 35.9 Å². The molecule has 0 unspecified atom stereocenters. The lowest BCUT2D eigenvalue weighted by atomic mass is 10.2. The maximum absolute atomic E-state index is 12.4. The highest BCUT2D eigenvalue weighted by atomic mass is 19.4. The van der Waals surface area contributed by atoms with E-state index >= 15 is 0 Å². The number of benzene rings is 1. The minimum Gasteiger partial charge on any atom is -0.378 e. The maximum Gasteiger partial charge on any atom is 0.417 e. The summed E-state index contributed by atoms with van der Waals surface area (Å²) in [7, 11) is 3.94. The molecule has 0 aliphatic carbocycles. The minimum absolute atomic E-state index is 0.239. The third kappa shape index (κ3) is 5.12. The maximum atomic E-state index is 12.4. The fourth-order valence-corrected chi connectivity index (χ4v) is 1.81. The summed E-state index contributed by atoms with van der Waals surface area (Å²) in [5.74, 6) is 0.239. The number of anilines is 2. The van der Waals surface area contributed by atoms with E-state index in [1.165, 1.54) is 12.3 Å². The van der Waals surface area contributed by atoms with Crippen LogP contribution in [0.5, 0.6) is 0 Å². The van der Waals surface area contributed by atoms with Gasteiger partial charge < -0.3 is 4.90 Å². The topological polar surface area (TPSA) is 40.5 Å². The molecule has 4 nitrogen and oxygen atoms in total. The predicted octanol–water partition coefficient (Wildman–Crippen LogP) is 4.28. The lowest BCUT2D eigenvalue weighted by Crippen LogP contribution is -2.07. The predicted molar refractivity (Wildman–Crippen MR) is 91.2 cm³/mol. The second-order valence-corrected chi connectivity index (χ2v) is 5.16. The average molecular weight is 334 g/mol. The average Bonchev–Trinajstić information content (AvgIpc) is 2.54. The van der Waals surface area contributed by atoms with Crippen LogP contribution in [0, 0.1) is 0 Å². The second kappa shape index (κ2) is 7.63. The SMILES string of the molecule is CN(C)c1ccc(C=CC=NNc2ccc(C(F)(F)F)cn2)cc1. The molecule has 0 saturated heterocycles. The van der Waals surface area contributed by atoms with E-state index in [-0.39, 0.29) is 5.82 Å². The van der Waals surface area contributed by atoms with E-state index in [0.29, 0.717) is 0 Å². The van der Waals surface area contributed by atoms with E-state index in [9.17, 15) is 13.2 Å². The van der Waals surface area contributed by atoms with Gasteiger partial charge >= 0.3 is 6.18 Å². The summed E-state index contributed by atoms with van der Waals surface area (Å²) in [6, 6.07) is 10.1. The van der Waals surface area contributed by atoms with Crippen LogP contribution in [0.4, 0.5) is 24.7 Å². The molecular weight excluding hydrogens is 317 g/mol. The van der Waals surface area contributed by atoms with Crippen molar-refractivity contribution < 1.29 is 13.2 Å². The molecule has 0 amide bonds. The quantitative estimate of drug-likeness (QED) is 0.655. The van der Waals surface area contributed by atoms with Crippen molar-refractivity contribution in [2.75, 3.05) is 24.4 Å². The lowest BCUT2D eigenvalue weighted by Gasteiger charge is -2.11. The van der Waals surface area contributed by atoms with Crippen molar-refractivity contribution in [3.63, 3.8) is 0 Å². The van der Waals surface area contributed by atoms with Gasteiger partial charge in [-0.25, -0.2) is 4.98 Å². The number of rotatable bonds is 5. The van der Waals surface area contributed by atoms with Crippen LogP contribution in [0.15, 0.2) is 53.8 Å². The highest BCUT2D eigenvalue weighted by molar-refractivity contribution is 5.78. The zero-order valence-corrected chi connectivity index (χ0v) is 13.2. The first-order valence-electron chi connectivity index (χ1n) is 7.12. The van der Waals surface area contributed by atoms with Crippen molar-refractivity contribution in [2.24, 2.45) is 5.10 Å². The standard InChI is InChI=1S/C17H17F3N4/c1-24(2)15-8-5-13(6-9-15)4-3-11-22-23-16-10-7-14(12-21-16)17(18,19)20/h3-12H,1-2H3,(H,21,23). The molecule has 0 aliphatic heterocycles. The Labute approximate surface area is 138 Å². The molecule has 0 radical (unpaired) electrons. The van der Waals surface area contributed by atoms with E-state index in [4.69, 9.17) is 0 Å². The van der Waals surface area contributed by atoms with Gasteiger partial charge in [0, 0.05) is 32.2 Å². The van der Waals surface area contributed by atoms with Crippen molar-refractivity contribution in [1.29, 1.82) is 0 Å². The van der Waals surface area contributed by atoms with E-state index in [1.54, 1.807) is 6.08 Å². The summed E-state index contributed by atoms with van der Waals surface area (Å²) >= 11 is 0. The Morgan fingerprint density at radius 3 is 2.33 bits per heavy atom. The van der Waals surface area contributed by atoms with Crippen LogP contribution in [-0.2, 0) is 6.18 Å². The number of alkyl halides is 3.